The van der Waals surface area contributed by atoms with Crippen LogP contribution in [0, 0.1) is 31.0 Å². The molecule has 0 N–H and O–H groups in total. The molecule has 0 bridgehead atoms. The van der Waals surface area contributed by atoms with Gasteiger partial charge in [0.05, 0.1) is 6.04 Å². The summed E-state index contributed by atoms with van der Waals surface area (Å²) in [6, 6.07) is 23.1. The summed E-state index contributed by atoms with van der Waals surface area (Å²) in [5.41, 5.74) is 6.10. The first kappa shape index (κ1) is 37.1. The number of hydrogen-bond acceptors (Lipinski definition) is 3. The van der Waals surface area contributed by atoms with Gasteiger partial charge in [-0.3, -0.25) is 18.2 Å². The molecular weight excluding hydrogens is 970 g/mol. The topological polar surface area (TPSA) is 43.3 Å². The second-order valence-corrected chi connectivity index (χ2v) is 11.2. The van der Waals surface area contributed by atoms with Gasteiger partial charge < -0.3 is 41.4 Å². The number of hydrogen-bond donors (Lipinski definition) is 0. The molecule has 8 rings (SSSR count). The summed E-state index contributed by atoms with van der Waals surface area (Å²) in [6.07, 6.45) is 37.7. The van der Waals surface area contributed by atoms with E-state index in [1.165, 1.54) is 27.2 Å². The first-order valence-corrected chi connectivity index (χ1v) is 15.2. The number of aryl methyl sites for hydroxylation is 2. The van der Waals surface area contributed by atoms with Gasteiger partial charge in [-0.25, -0.2) is 0 Å². The average molecular weight is 1000 g/mol. The Labute approximate surface area is 319 Å². The van der Waals surface area contributed by atoms with Gasteiger partial charge in [0.25, 0.3) is 0 Å². The van der Waals surface area contributed by atoms with E-state index in [2.05, 4.69) is 117 Å². The number of aliphatic imine (C=N–C) groups is 1. The summed E-state index contributed by atoms with van der Waals surface area (Å²) >= 11 is 0. The minimum atomic E-state index is 0. The number of allylic oxidation sites excluding steroid dienone is 4. The fraction of sp³-hybridized carbons (Fsp3) is 0.122. The Hall–Kier alpha value is -4.76. The maximum atomic E-state index is 7.16. The smallest absolute Gasteiger partial charge is 0.0540 e. The summed E-state index contributed by atoms with van der Waals surface area (Å²) in [7, 11) is 4.08. The van der Waals surface area contributed by atoms with Crippen molar-refractivity contribution in [1.29, 1.82) is 0 Å². The zero-order chi connectivity index (χ0) is 32.8. The van der Waals surface area contributed by atoms with Gasteiger partial charge in [0.15, 0.2) is 0 Å². The van der Waals surface area contributed by atoms with Crippen LogP contribution in [0.2, 0.25) is 0 Å². The predicted molar refractivity (Wildman–Crippen MR) is 191 cm³/mol. The Morgan fingerprint density at radius 3 is 2.37 bits per heavy atom. The molecule has 2 unspecified atom stereocenters. The minimum Gasteiger partial charge on any atom is -0.515 e. The second kappa shape index (κ2) is 17.1. The van der Waals surface area contributed by atoms with Crippen molar-refractivity contribution in [3.8, 4) is 11.8 Å². The van der Waals surface area contributed by atoms with E-state index in [1.54, 1.807) is 12.3 Å². The molecule has 1 aliphatic carbocycles. The molecule has 2 radical (unpaired) electrons. The summed E-state index contributed by atoms with van der Waals surface area (Å²) in [6.45, 7) is 4.38. The summed E-state index contributed by atoms with van der Waals surface area (Å²) < 4.78 is 6.13. The molecule has 2 aliphatic rings. The number of fused-ring (bicyclic) bond motifs is 5. The molecule has 0 amide bonds. The van der Waals surface area contributed by atoms with Crippen LogP contribution in [0.3, 0.4) is 0 Å². The van der Waals surface area contributed by atoms with Crippen molar-refractivity contribution in [3.05, 3.63) is 158 Å². The fourth-order valence-corrected chi connectivity index (χ4v) is 5.80. The van der Waals surface area contributed by atoms with Crippen molar-refractivity contribution in [2.45, 2.75) is 18.8 Å². The normalized spacial score (nSPS) is 15.4. The Morgan fingerprint density at radius 1 is 0.918 bits per heavy atom. The molecule has 0 spiro atoms. The fourth-order valence-electron chi connectivity index (χ4n) is 5.80. The van der Waals surface area contributed by atoms with E-state index in [-0.39, 0.29) is 50.8 Å². The number of aromatic nitrogens is 4. The Kier molecular flexibility index (Phi) is 12.9. The van der Waals surface area contributed by atoms with Crippen LogP contribution in [0.25, 0.3) is 38.8 Å². The van der Waals surface area contributed by atoms with Gasteiger partial charge in [0.1, 0.15) is 0 Å². The van der Waals surface area contributed by atoms with Crippen molar-refractivity contribution < 1.29 is 44.8 Å². The van der Waals surface area contributed by atoms with Gasteiger partial charge in [0, 0.05) is 117 Å². The molecule has 0 saturated heterocycles. The quantitative estimate of drug-likeness (QED) is 0.0805. The first-order valence-electron chi connectivity index (χ1n) is 15.2. The van der Waals surface area contributed by atoms with Crippen molar-refractivity contribution in [1.82, 2.24) is 23.6 Å². The summed E-state index contributed by atoms with van der Waals surface area (Å²) in [4.78, 5) is 10.3. The van der Waals surface area contributed by atoms with E-state index >= 15 is 0 Å². The van der Waals surface area contributed by atoms with Gasteiger partial charge in [-0.1, -0.05) is 72.8 Å². The monoisotopic (exact) mass is 1000 g/mol. The minimum absolute atomic E-state index is 0. The Bertz CT molecular complexity index is 2270. The van der Waals surface area contributed by atoms with Crippen LogP contribution in [0.5, 0.6) is 0 Å². The number of imidazole rings is 1. The van der Waals surface area contributed by atoms with Gasteiger partial charge in [-0.2, -0.15) is 6.58 Å². The SMILES string of the molecule is [Au].[Au].[C-]#CC(=C)/C=C\c1cn(C)c2ccccc12.[C-]#Cc1ccc2c3ccccc3n(C)c2c1.[C-]1=NC2C=CC=CC2N1Cn1[c-]ncc1. The molecule has 3 aromatic carbocycles. The zero-order valence-electron chi connectivity index (χ0n) is 26.9. The van der Waals surface area contributed by atoms with E-state index < -0.39 is 0 Å². The molecule has 2 atom stereocenters. The number of benzene rings is 3. The molecule has 3 aromatic heterocycles. The second-order valence-electron chi connectivity index (χ2n) is 11.2. The number of nitrogens with zero attached hydrogens (tertiary/aromatic N) is 6. The van der Waals surface area contributed by atoms with E-state index in [0.717, 1.165) is 16.6 Å². The third-order valence-electron chi connectivity index (χ3n) is 8.20. The number of para-hydroxylation sites is 2. The number of rotatable bonds is 4. The van der Waals surface area contributed by atoms with Gasteiger partial charge in [0.2, 0.25) is 0 Å². The summed E-state index contributed by atoms with van der Waals surface area (Å²) in [5.74, 6) is 4.68. The van der Waals surface area contributed by atoms with Crippen LogP contribution in [0.1, 0.15) is 11.1 Å². The maximum absolute atomic E-state index is 7.16. The standard InChI is InChI=1S/C15H10N.C15H12N.C11H10N4.2Au/c1-3-11-8-9-13-12-6-4-5-7-14(12)16(2)15(13)10-11;1-4-12(2)9-10-13-11-16(3)15-8-6-5-7-14(13)15;1-2-4-11-10(3-1)13-8-15(11)9-14-6-5-12-7-14;;/h4-10H,2H3;5-11H,2H2,3H3;1-6,10-11H,9H2;;/q2*-1;-2;;/b;10-9-;;;. The maximum Gasteiger partial charge on any atom is 0.0540 e. The molecular formula is C41H32Au2N6-4. The van der Waals surface area contributed by atoms with Crippen LogP contribution in [0.15, 0.2) is 133 Å². The van der Waals surface area contributed by atoms with Crippen LogP contribution in [0.4, 0.5) is 0 Å². The van der Waals surface area contributed by atoms with E-state index in [4.69, 9.17) is 12.8 Å². The van der Waals surface area contributed by atoms with Crippen molar-refractivity contribution in [3.63, 3.8) is 0 Å². The van der Waals surface area contributed by atoms with Crippen LogP contribution >= 0.6 is 0 Å². The molecule has 49 heavy (non-hydrogen) atoms. The molecule has 1 aliphatic heterocycles. The molecule has 0 saturated carbocycles. The van der Waals surface area contributed by atoms with E-state index in [0.29, 0.717) is 18.3 Å². The van der Waals surface area contributed by atoms with Gasteiger partial charge in [-0.05, 0) is 17.7 Å². The Balaban J connectivity index is 0.000000162. The predicted octanol–water partition coefficient (Wildman–Crippen LogP) is 7.33. The van der Waals surface area contributed by atoms with Gasteiger partial charge >= 0.3 is 0 Å². The Morgan fingerprint density at radius 2 is 1.63 bits per heavy atom. The summed E-state index contributed by atoms with van der Waals surface area (Å²) in [5, 5.41) is 3.70. The van der Waals surface area contributed by atoms with Crippen molar-refractivity contribution >= 4 is 45.1 Å². The van der Waals surface area contributed by atoms with E-state index in [1.807, 2.05) is 66.4 Å². The molecule has 6 nitrogen and oxygen atoms in total. The largest absolute Gasteiger partial charge is 0.515 e. The molecule has 8 heteroatoms. The van der Waals surface area contributed by atoms with Crippen LogP contribution in [-0.4, -0.2) is 42.0 Å². The third kappa shape index (κ3) is 8.28. The molecule has 6 aromatic rings. The van der Waals surface area contributed by atoms with Crippen LogP contribution in [-0.2, 0) is 65.5 Å². The van der Waals surface area contributed by atoms with Gasteiger partial charge in [-0.15, -0.1) is 41.7 Å². The average Bonchev–Trinajstić information content (AvgIpc) is 3.91. The van der Waals surface area contributed by atoms with Crippen molar-refractivity contribution in [2.24, 2.45) is 19.1 Å². The molecule has 0 fully saturated rings. The zero-order valence-corrected chi connectivity index (χ0v) is 31.2. The van der Waals surface area contributed by atoms with Crippen LogP contribution < -0.4 is 0 Å². The molecule has 252 valence electrons. The van der Waals surface area contributed by atoms with Crippen molar-refractivity contribution in [2.75, 3.05) is 0 Å². The third-order valence-corrected chi connectivity index (χ3v) is 8.20. The first-order chi connectivity index (χ1) is 23.0. The molecule has 4 heterocycles. The van der Waals surface area contributed by atoms with E-state index in [9.17, 15) is 0 Å².